The molecule has 0 atom stereocenters. The van der Waals surface area contributed by atoms with Crippen molar-refractivity contribution in [1.29, 1.82) is 0 Å². The summed E-state index contributed by atoms with van der Waals surface area (Å²) in [4.78, 5) is 4.37. The number of hydrogen-bond acceptors (Lipinski definition) is 4. The van der Waals surface area contributed by atoms with E-state index in [-0.39, 0.29) is 6.61 Å². The molecule has 0 spiro atoms. The van der Waals surface area contributed by atoms with E-state index in [1.807, 2.05) is 12.1 Å². The predicted molar refractivity (Wildman–Crippen MR) is 53.6 cm³/mol. The summed E-state index contributed by atoms with van der Waals surface area (Å²) in [7, 11) is 0. The second-order valence-electron chi connectivity index (χ2n) is 3.25. The minimum atomic E-state index is 0.132. The summed E-state index contributed by atoms with van der Waals surface area (Å²) in [6, 6.07) is 3.80. The first-order valence-corrected chi connectivity index (χ1v) is 4.87. The zero-order valence-electron chi connectivity index (χ0n) is 7.99. The van der Waals surface area contributed by atoms with Crippen molar-refractivity contribution in [3.63, 3.8) is 0 Å². The number of hydrogen-bond donors (Lipinski definition) is 2. The first-order chi connectivity index (χ1) is 6.90. The Morgan fingerprint density at radius 3 is 3.29 bits per heavy atom. The van der Waals surface area contributed by atoms with Crippen molar-refractivity contribution in [2.45, 2.75) is 12.8 Å². The zero-order valence-corrected chi connectivity index (χ0v) is 7.99. The monoisotopic (exact) mass is 194 g/mol. The molecule has 1 aliphatic heterocycles. The highest BCUT2D eigenvalue weighted by Crippen LogP contribution is 2.24. The van der Waals surface area contributed by atoms with Crippen LogP contribution >= 0.6 is 0 Å². The maximum absolute atomic E-state index is 8.79. The fourth-order valence-electron chi connectivity index (χ4n) is 1.44. The summed E-state index contributed by atoms with van der Waals surface area (Å²) in [5.41, 5.74) is 0.893. The number of ether oxygens (including phenoxy) is 1. The van der Waals surface area contributed by atoms with E-state index >= 15 is 0 Å². The van der Waals surface area contributed by atoms with Gasteiger partial charge in [0.15, 0.2) is 11.6 Å². The number of aliphatic hydroxyl groups is 1. The van der Waals surface area contributed by atoms with Crippen molar-refractivity contribution in [3.8, 4) is 5.75 Å². The standard InChI is InChI=1S/C10H14N2O2/c13-6-4-8-2-3-9-10(12-8)11-5-1-7-14-9/h2-3,13H,1,4-7H2,(H,11,12). The molecule has 4 heteroatoms. The number of aliphatic hydroxyl groups excluding tert-OH is 1. The molecule has 0 aromatic carbocycles. The Kier molecular flexibility index (Phi) is 2.84. The van der Waals surface area contributed by atoms with Crippen LogP contribution in [-0.2, 0) is 6.42 Å². The summed E-state index contributed by atoms with van der Waals surface area (Å²) in [6.07, 6.45) is 1.58. The minimum absolute atomic E-state index is 0.132. The van der Waals surface area contributed by atoms with Crippen LogP contribution in [0.5, 0.6) is 5.75 Å². The molecule has 0 saturated carbocycles. The molecule has 4 nitrogen and oxygen atoms in total. The van der Waals surface area contributed by atoms with Crippen LogP contribution in [0.4, 0.5) is 5.82 Å². The third-order valence-electron chi connectivity index (χ3n) is 2.15. The van der Waals surface area contributed by atoms with Gasteiger partial charge in [-0.2, -0.15) is 0 Å². The highest BCUT2D eigenvalue weighted by molar-refractivity contribution is 5.51. The van der Waals surface area contributed by atoms with Crippen molar-refractivity contribution in [2.75, 3.05) is 25.1 Å². The van der Waals surface area contributed by atoms with E-state index in [2.05, 4.69) is 10.3 Å². The van der Waals surface area contributed by atoms with Gasteiger partial charge in [-0.15, -0.1) is 0 Å². The molecule has 0 fully saturated rings. The molecule has 76 valence electrons. The fraction of sp³-hybridized carbons (Fsp3) is 0.500. The second kappa shape index (κ2) is 4.28. The van der Waals surface area contributed by atoms with E-state index in [4.69, 9.17) is 9.84 Å². The maximum atomic E-state index is 8.79. The van der Waals surface area contributed by atoms with Gasteiger partial charge in [-0.1, -0.05) is 0 Å². The Bertz CT molecular complexity index is 315. The molecule has 2 N–H and O–H groups in total. The van der Waals surface area contributed by atoms with Gasteiger partial charge >= 0.3 is 0 Å². The number of nitrogens with one attached hydrogen (secondary N) is 1. The molecule has 1 aromatic heterocycles. The van der Waals surface area contributed by atoms with Crippen LogP contribution in [0.1, 0.15) is 12.1 Å². The SMILES string of the molecule is OCCc1ccc2c(n1)NCCCO2. The smallest absolute Gasteiger partial charge is 0.169 e. The molecule has 14 heavy (non-hydrogen) atoms. The summed E-state index contributed by atoms with van der Waals surface area (Å²) >= 11 is 0. The lowest BCUT2D eigenvalue weighted by Crippen LogP contribution is -2.03. The average molecular weight is 194 g/mol. The van der Waals surface area contributed by atoms with Crippen LogP contribution in [0.15, 0.2) is 12.1 Å². The van der Waals surface area contributed by atoms with Crippen LogP contribution in [0, 0.1) is 0 Å². The van der Waals surface area contributed by atoms with E-state index < -0.39 is 0 Å². The number of nitrogens with zero attached hydrogens (tertiary/aromatic N) is 1. The van der Waals surface area contributed by atoms with Crippen LogP contribution in [0.2, 0.25) is 0 Å². The molecule has 0 bridgehead atoms. The van der Waals surface area contributed by atoms with Crippen LogP contribution in [-0.4, -0.2) is 29.8 Å². The molecule has 0 amide bonds. The number of fused-ring (bicyclic) bond motifs is 1. The zero-order chi connectivity index (χ0) is 9.80. The number of pyridine rings is 1. The summed E-state index contributed by atoms with van der Waals surface area (Å²) in [6.45, 7) is 1.76. The fourth-order valence-corrected chi connectivity index (χ4v) is 1.44. The molecule has 0 unspecified atom stereocenters. The van der Waals surface area contributed by atoms with E-state index in [0.29, 0.717) is 6.42 Å². The Balaban J connectivity index is 2.23. The average Bonchev–Trinajstić information content (AvgIpc) is 2.42. The molecule has 1 aliphatic rings. The van der Waals surface area contributed by atoms with Crippen molar-refractivity contribution < 1.29 is 9.84 Å². The first-order valence-electron chi connectivity index (χ1n) is 4.87. The van der Waals surface area contributed by atoms with Crippen molar-refractivity contribution in [1.82, 2.24) is 4.98 Å². The van der Waals surface area contributed by atoms with E-state index in [1.165, 1.54) is 0 Å². The van der Waals surface area contributed by atoms with Gasteiger partial charge in [-0.25, -0.2) is 4.98 Å². The first kappa shape index (κ1) is 9.27. The molecule has 0 radical (unpaired) electrons. The van der Waals surface area contributed by atoms with Crippen molar-refractivity contribution in [2.24, 2.45) is 0 Å². The molecule has 0 aliphatic carbocycles. The van der Waals surface area contributed by atoms with Gasteiger partial charge < -0.3 is 15.2 Å². The molecular weight excluding hydrogens is 180 g/mol. The largest absolute Gasteiger partial charge is 0.490 e. The summed E-state index contributed by atoms with van der Waals surface area (Å²) in [5, 5.41) is 12.0. The lowest BCUT2D eigenvalue weighted by molar-refractivity contribution is 0.298. The lowest BCUT2D eigenvalue weighted by atomic mass is 10.2. The number of anilines is 1. The number of aromatic nitrogens is 1. The quantitative estimate of drug-likeness (QED) is 0.731. The van der Waals surface area contributed by atoms with Gasteiger partial charge in [0.1, 0.15) is 0 Å². The van der Waals surface area contributed by atoms with Gasteiger partial charge in [0, 0.05) is 25.3 Å². The molecule has 0 saturated heterocycles. The topological polar surface area (TPSA) is 54.4 Å². The third kappa shape index (κ3) is 1.96. The lowest BCUT2D eigenvalue weighted by Gasteiger charge is -2.07. The van der Waals surface area contributed by atoms with Gasteiger partial charge in [0.05, 0.1) is 6.61 Å². The predicted octanol–water partition coefficient (Wildman–Crippen LogP) is 0.811. The summed E-state index contributed by atoms with van der Waals surface area (Å²) in [5.74, 6) is 1.61. The van der Waals surface area contributed by atoms with E-state index in [9.17, 15) is 0 Å². The Labute approximate surface area is 82.9 Å². The molecule has 2 heterocycles. The van der Waals surface area contributed by atoms with Crippen LogP contribution in [0.25, 0.3) is 0 Å². The highest BCUT2D eigenvalue weighted by Gasteiger charge is 2.09. The van der Waals surface area contributed by atoms with Gasteiger partial charge in [0.25, 0.3) is 0 Å². The highest BCUT2D eigenvalue weighted by atomic mass is 16.5. The maximum Gasteiger partial charge on any atom is 0.169 e. The van der Waals surface area contributed by atoms with Gasteiger partial charge in [0.2, 0.25) is 0 Å². The normalized spacial score (nSPS) is 14.9. The molecule has 1 aromatic rings. The second-order valence-corrected chi connectivity index (χ2v) is 3.25. The number of rotatable bonds is 2. The van der Waals surface area contributed by atoms with Crippen LogP contribution in [0.3, 0.4) is 0 Å². The molecular formula is C10H14N2O2. The Morgan fingerprint density at radius 1 is 1.50 bits per heavy atom. The van der Waals surface area contributed by atoms with E-state index in [0.717, 1.165) is 36.8 Å². The third-order valence-corrected chi connectivity index (χ3v) is 2.15. The minimum Gasteiger partial charge on any atom is -0.490 e. The van der Waals surface area contributed by atoms with Gasteiger partial charge in [-0.3, -0.25) is 0 Å². The van der Waals surface area contributed by atoms with Gasteiger partial charge in [-0.05, 0) is 18.6 Å². The Morgan fingerprint density at radius 2 is 2.43 bits per heavy atom. The Hall–Kier alpha value is -1.29. The van der Waals surface area contributed by atoms with E-state index in [1.54, 1.807) is 0 Å². The van der Waals surface area contributed by atoms with Crippen LogP contribution < -0.4 is 10.1 Å². The summed E-state index contributed by atoms with van der Waals surface area (Å²) < 4.78 is 5.49. The van der Waals surface area contributed by atoms with Crippen molar-refractivity contribution >= 4 is 5.82 Å². The molecule has 2 rings (SSSR count). The van der Waals surface area contributed by atoms with Crippen molar-refractivity contribution in [3.05, 3.63) is 17.8 Å².